The first-order valence-electron chi connectivity index (χ1n) is 5.06. The van der Waals surface area contributed by atoms with Crippen LogP contribution in [0.5, 0.6) is 0 Å². The number of pyridine rings is 1. The number of aliphatic hydroxyl groups is 1. The molecule has 2 rings (SSSR count). The van der Waals surface area contributed by atoms with Gasteiger partial charge in [0.15, 0.2) is 0 Å². The van der Waals surface area contributed by atoms with Crippen LogP contribution in [0, 0.1) is 11.8 Å². The molecule has 1 heterocycles. The Labute approximate surface area is 108 Å². The van der Waals surface area contributed by atoms with Crippen molar-refractivity contribution in [2.24, 2.45) is 0 Å². The van der Waals surface area contributed by atoms with Gasteiger partial charge < -0.3 is 10.2 Å². The summed E-state index contributed by atoms with van der Waals surface area (Å²) in [6.07, 6.45) is 0. The number of carbonyl (C=O) groups is 1. The number of nitrogens with zero attached hydrogens (tertiary/aromatic N) is 1. The average molecular weight is 262 g/mol. The molecule has 0 atom stereocenters. The third kappa shape index (κ3) is 2.28. The number of rotatable bonds is 1. The van der Waals surface area contributed by atoms with Crippen molar-refractivity contribution >= 4 is 28.5 Å². The molecule has 90 valence electrons. The second kappa shape index (κ2) is 5.05. The molecule has 0 saturated carbocycles. The standard InChI is InChI=1S/C13H8ClNO3/c14-10-5-6-11-9(12(10)13(17)18)4-3-8(15-11)2-1-7-16/h3-6,16H,7H2,(H,17,18). The number of hydrogen-bond donors (Lipinski definition) is 2. The topological polar surface area (TPSA) is 70.4 Å². The number of carboxylic acids is 1. The number of aliphatic hydroxyl groups excluding tert-OH is 1. The Morgan fingerprint density at radius 2 is 2.11 bits per heavy atom. The van der Waals surface area contributed by atoms with Crippen LogP contribution in [0.25, 0.3) is 10.9 Å². The molecule has 0 aliphatic heterocycles. The highest BCUT2D eigenvalue weighted by molar-refractivity contribution is 6.35. The van der Waals surface area contributed by atoms with E-state index in [1.807, 2.05) is 0 Å². The molecule has 0 unspecified atom stereocenters. The summed E-state index contributed by atoms with van der Waals surface area (Å²) >= 11 is 5.85. The molecule has 4 nitrogen and oxygen atoms in total. The number of carboxylic acid groups (broad SMARTS) is 1. The Hall–Kier alpha value is -2.09. The predicted octanol–water partition coefficient (Wildman–Crippen LogP) is 1.93. The minimum absolute atomic E-state index is 0.0309. The van der Waals surface area contributed by atoms with E-state index in [2.05, 4.69) is 16.8 Å². The molecule has 0 fully saturated rings. The molecular formula is C13H8ClNO3. The van der Waals surface area contributed by atoms with Crippen molar-refractivity contribution in [3.63, 3.8) is 0 Å². The molecule has 0 bridgehead atoms. The second-order valence-corrected chi connectivity index (χ2v) is 3.86. The number of fused-ring (bicyclic) bond motifs is 1. The van der Waals surface area contributed by atoms with E-state index in [1.54, 1.807) is 18.2 Å². The summed E-state index contributed by atoms with van der Waals surface area (Å²) in [6, 6.07) is 6.32. The van der Waals surface area contributed by atoms with E-state index in [0.717, 1.165) is 0 Å². The van der Waals surface area contributed by atoms with Crippen molar-refractivity contribution in [2.75, 3.05) is 6.61 Å². The van der Waals surface area contributed by atoms with E-state index in [0.29, 0.717) is 16.6 Å². The Kier molecular flexibility index (Phi) is 3.47. The maximum atomic E-state index is 11.1. The summed E-state index contributed by atoms with van der Waals surface area (Å²) in [7, 11) is 0. The lowest BCUT2D eigenvalue weighted by atomic mass is 10.1. The molecule has 1 aromatic carbocycles. The highest BCUT2D eigenvalue weighted by Crippen LogP contribution is 2.25. The minimum Gasteiger partial charge on any atom is -0.478 e. The minimum atomic E-state index is -1.10. The SMILES string of the molecule is O=C(O)c1c(Cl)ccc2nc(C#CCO)ccc12. The summed E-state index contributed by atoms with van der Waals surface area (Å²) in [6.45, 7) is -0.249. The zero-order chi connectivity index (χ0) is 13.1. The number of halogens is 1. The third-order valence-electron chi connectivity index (χ3n) is 2.33. The van der Waals surface area contributed by atoms with Crippen LogP contribution in [-0.4, -0.2) is 27.8 Å². The van der Waals surface area contributed by atoms with Crippen molar-refractivity contribution in [3.05, 3.63) is 40.5 Å². The smallest absolute Gasteiger partial charge is 0.337 e. The van der Waals surface area contributed by atoms with Crippen LogP contribution in [-0.2, 0) is 0 Å². The Morgan fingerprint density at radius 3 is 2.78 bits per heavy atom. The van der Waals surface area contributed by atoms with Gasteiger partial charge in [-0.1, -0.05) is 17.5 Å². The maximum absolute atomic E-state index is 11.1. The van der Waals surface area contributed by atoms with E-state index >= 15 is 0 Å². The highest BCUT2D eigenvalue weighted by atomic mass is 35.5. The summed E-state index contributed by atoms with van der Waals surface area (Å²) < 4.78 is 0. The van der Waals surface area contributed by atoms with Crippen molar-refractivity contribution in [1.29, 1.82) is 0 Å². The van der Waals surface area contributed by atoms with Crippen LogP contribution in [0.1, 0.15) is 16.1 Å². The molecular weight excluding hydrogens is 254 g/mol. The average Bonchev–Trinajstić information content (AvgIpc) is 2.35. The fourth-order valence-electron chi connectivity index (χ4n) is 1.59. The van der Waals surface area contributed by atoms with Gasteiger partial charge in [-0.15, -0.1) is 0 Å². The van der Waals surface area contributed by atoms with E-state index in [1.165, 1.54) is 6.07 Å². The largest absolute Gasteiger partial charge is 0.478 e. The molecule has 2 N–H and O–H groups in total. The van der Waals surface area contributed by atoms with Gasteiger partial charge >= 0.3 is 5.97 Å². The molecule has 0 spiro atoms. The Bertz CT molecular complexity index is 686. The summed E-state index contributed by atoms with van der Waals surface area (Å²) in [5.74, 6) is 4.04. The maximum Gasteiger partial charge on any atom is 0.337 e. The predicted molar refractivity (Wildman–Crippen MR) is 67.7 cm³/mol. The number of aromatic carboxylic acids is 1. The van der Waals surface area contributed by atoms with Gasteiger partial charge in [0, 0.05) is 5.39 Å². The lowest BCUT2D eigenvalue weighted by Crippen LogP contribution is -2.00. The summed E-state index contributed by atoms with van der Waals surface area (Å²) in [5.41, 5.74) is 1.00. The van der Waals surface area contributed by atoms with Crippen LogP contribution in [0.4, 0.5) is 0 Å². The fourth-order valence-corrected chi connectivity index (χ4v) is 1.84. The van der Waals surface area contributed by atoms with Crippen LogP contribution in [0.3, 0.4) is 0 Å². The van der Waals surface area contributed by atoms with Gasteiger partial charge in [0.25, 0.3) is 0 Å². The second-order valence-electron chi connectivity index (χ2n) is 3.45. The molecule has 0 saturated heterocycles. The van der Waals surface area contributed by atoms with Crippen molar-refractivity contribution in [2.45, 2.75) is 0 Å². The lowest BCUT2D eigenvalue weighted by molar-refractivity contribution is 0.0699. The van der Waals surface area contributed by atoms with Crippen molar-refractivity contribution in [3.8, 4) is 11.8 Å². The number of benzene rings is 1. The monoisotopic (exact) mass is 261 g/mol. The first kappa shape index (κ1) is 12.4. The molecule has 1 aromatic heterocycles. The first-order valence-corrected chi connectivity index (χ1v) is 5.43. The van der Waals surface area contributed by atoms with Crippen molar-refractivity contribution in [1.82, 2.24) is 4.98 Å². The number of hydrogen-bond acceptors (Lipinski definition) is 3. The summed E-state index contributed by atoms with van der Waals surface area (Å²) in [4.78, 5) is 15.3. The van der Waals surface area contributed by atoms with Crippen LogP contribution >= 0.6 is 11.6 Å². The normalized spacial score (nSPS) is 9.89. The molecule has 18 heavy (non-hydrogen) atoms. The fraction of sp³-hybridized carbons (Fsp3) is 0.0769. The van der Waals surface area contributed by atoms with Gasteiger partial charge in [0.05, 0.1) is 16.1 Å². The number of aromatic nitrogens is 1. The van der Waals surface area contributed by atoms with Crippen molar-refractivity contribution < 1.29 is 15.0 Å². The lowest BCUT2D eigenvalue weighted by Gasteiger charge is -2.04. The van der Waals surface area contributed by atoms with E-state index < -0.39 is 5.97 Å². The molecule has 5 heteroatoms. The highest BCUT2D eigenvalue weighted by Gasteiger charge is 2.13. The molecule has 0 amide bonds. The molecule has 0 aliphatic rings. The van der Waals surface area contributed by atoms with Gasteiger partial charge in [0.1, 0.15) is 12.3 Å². The molecule has 0 radical (unpaired) electrons. The van der Waals surface area contributed by atoms with E-state index in [9.17, 15) is 4.79 Å². The van der Waals surface area contributed by atoms with Gasteiger partial charge in [-0.25, -0.2) is 9.78 Å². The Morgan fingerprint density at radius 1 is 1.33 bits per heavy atom. The Balaban J connectivity index is 2.67. The molecule has 0 aliphatic carbocycles. The zero-order valence-corrected chi connectivity index (χ0v) is 9.90. The van der Waals surface area contributed by atoms with Crippen LogP contribution in [0.2, 0.25) is 5.02 Å². The van der Waals surface area contributed by atoms with Gasteiger partial charge in [0.2, 0.25) is 0 Å². The molecule has 2 aromatic rings. The van der Waals surface area contributed by atoms with Gasteiger partial charge in [-0.05, 0) is 30.2 Å². The van der Waals surface area contributed by atoms with E-state index in [-0.39, 0.29) is 17.2 Å². The van der Waals surface area contributed by atoms with Crippen LogP contribution < -0.4 is 0 Å². The van der Waals surface area contributed by atoms with Gasteiger partial charge in [-0.2, -0.15) is 0 Å². The summed E-state index contributed by atoms with van der Waals surface area (Å²) in [5, 5.41) is 18.3. The third-order valence-corrected chi connectivity index (χ3v) is 2.64. The van der Waals surface area contributed by atoms with E-state index in [4.69, 9.17) is 21.8 Å². The van der Waals surface area contributed by atoms with Crippen LogP contribution in [0.15, 0.2) is 24.3 Å². The first-order chi connectivity index (χ1) is 8.63. The quantitative estimate of drug-likeness (QED) is 0.770. The van der Waals surface area contributed by atoms with Gasteiger partial charge in [-0.3, -0.25) is 0 Å². The zero-order valence-electron chi connectivity index (χ0n) is 9.14.